The van der Waals surface area contributed by atoms with E-state index >= 15 is 0 Å². The van der Waals surface area contributed by atoms with Crippen LogP contribution < -0.4 is 0 Å². The van der Waals surface area contributed by atoms with Crippen molar-refractivity contribution in [3.05, 3.63) is 23.7 Å². The fraction of sp³-hybridized carbons (Fsp3) is 0.571. The van der Waals surface area contributed by atoms with Crippen molar-refractivity contribution in [2.75, 3.05) is 6.61 Å². The summed E-state index contributed by atoms with van der Waals surface area (Å²) >= 11 is 6.03. The van der Waals surface area contributed by atoms with Crippen LogP contribution >= 0.6 is 11.6 Å². The van der Waals surface area contributed by atoms with Crippen molar-refractivity contribution in [3.8, 4) is 0 Å². The van der Waals surface area contributed by atoms with E-state index in [9.17, 15) is 5.11 Å². The summed E-state index contributed by atoms with van der Waals surface area (Å²) in [6, 6.07) is 2.39. The van der Waals surface area contributed by atoms with Gasteiger partial charge in [-0.25, -0.2) is 9.97 Å². The minimum absolute atomic E-state index is 0.283. The summed E-state index contributed by atoms with van der Waals surface area (Å²) in [6.45, 7) is 4.28. The molecule has 0 amide bonds. The first-order chi connectivity index (χ1) is 9.29. The maximum Gasteiger partial charge on any atom is 0.145 e. The average molecular weight is 282 g/mol. The number of aliphatic hydroxyl groups is 1. The smallest absolute Gasteiger partial charge is 0.145 e. The Labute approximate surface area is 118 Å². The Kier molecular flexibility index (Phi) is 4.77. The molecule has 0 radical (unpaired) electrons. The lowest BCUT2D eigenvalue weighted by atomic mass is 10.1. The van der Waals surface area contributed by atoms with Gasteiger partial charge >= 0.3 is 0 Å². The molecule has 4 nitrogen and oxygen atoms in total. The zero-order chi connectivity index (χ0) is 13.8. The standard InChI is InChI=1S/C12H14ClN3O.C2H6/c13-11-10-3-4-16(12(10)15-7-14-11)9-2-1-8(5-9)6-17;1-2/h3-4,7-9,17H,1-2,5-6H2;1-2H3. The van der Waals surface area contributed by atoms with Crippen molar-refractivity contribution in [1.82, 2.24) is 14.5 Å². The van der Waals surface area contributed by atoms with Gasteiger partial charge in [-0.05, 0) is 31.2 Å². The van der Waals surface area contributed by atoms with Crippen LogP contribution in [0.1, 0.15) is 39.2 Å². The van der Waals surface area contributed by atoms with Crippen molar-refractivity contribution in [1.29, 1.82) is 0 Å². The van der Waals surface area contributed by atoms with Gasteiger partial charge in [0.2, 0.25) is 0 Å². The van der Waals surface area contributed by atoms with E-state index in [-0.39, 0.29) is 6.61 Å². The van der Waals surface area contributed by atoms with E-state index in [1.165, 1.54) is 6.33 Å². The molecule has 2 heterocycles. The molecule has 2 aromatic rings. The van der Waals surface area contributed by atoms with E-state index < -0.39 is 0 Å². The van der Waals surface area contributed by atoms with Crippen molar-refractivity contribution < 1.29 is 5.11 Å². The molecule has 5 heteroatoms. The first-order valence-corrected chi connectivity index (χ1v) is 7.25. The van der Waals surface area contributed by atoms with E-state index in [0.717, 1.165) is 30.3 Å². The highest BCUT2D eigenvalue weighted by Crippen LogP contribution is 2.36. The summed E-state index contributed by atoms with van der Waals surface area (Å²) in [4.78, 5) is 8.28. The Bertz CT molecular complexity index is 540. The van der Waals surface area contributed by atoms with E-state index in [1.54, 1.807) is 0 Å². The van der Waals surface area contributed by atoms with Crippen LogP contribution in [0.5, 0.6) is 0 Å². The number of halogens is 1. The molecular weight excluding hydrogens is 262 g/mol. The van der Waals surface area contributed by atoms with Gasteiger partial charge in [-0.2, -0.15) is 0 Å². The van der Waals surface area contributed by atoms with Gasteiger partial charge in [-0.15, -0.1) is 0 Å². The van der Waals surface area contributed by atoms with Gasteiger partial charge in [0, 0.05) is 18.8 Å². The summed E-state index contributed by atoms with van der Waals surface area (Å²) in [5, 5.41) is 10.6. The van der Waals surface area contributed by atoms with Crippen LogP contribution in [0.25, 0.3) is 11.0 Å². The molecule has 2 aromatic heterocycles. The molecule has 1 saturated carbocycles. The maximum absolute atomic E-state index is 9.18. The molecule has 19 heavy (non-hydrogen) atoms. The van der Waals surface area contributed by atoms with Gasteiger partial charge in [0.1, 0.15) is 17.1 Å². The Morgan fingerprint density at radius 2 is 2.16 bits per heavy atom. The fourth-order valence-corrected chi connectivity index (χ4v) is 2.89. The Hall–Kier alpha value is -1.13. The molecule has 0 bridgehead atoms. The minimum Gasteiger partial charge on any atom is -0.396 e. The van der Waals surface area contributed by atoms with E-state index in [0.29, 0.717) is 17.1 Å². The van der Waals surface area contributed by atoms with Crippen molar-refractivity contribution in [2.45, 2.75) is 39.2 Å². The third kappa shape index (κ3) is 2.74. The van der Waals surface area contributed by atoms with Crippen LogP contribution in [0.4, 0.5) is 0 Å². The monoisotopic (exact) mass is 281 g/mol. The first-order valence-electron chi connectivity index (χ1n) is 6.87. The van der Waals surface area contributed by atoms with Gasteiger partial charge in [-0.1, -0.05) is 25.4 Å². The van der Waals surface area contributed by atoms with Crippen LogP contribution in [0, 0.1) is 5.92 Å². The van der Waals surface area contributed by atoms with Gasteiger partial charge in [0.05, 0.1) is 5.39 Å². The SMILES string of the molecule is CC.OCC1CCC(n2ccc3c(Cl)ncnc32)C1. The van der Waals surface area contributed by atoms with Crippen molar-refractivity contribution in [2.24, 2.45) is 5.92 Å². The van der Waals surface area contributed by atoms with Gasteiger partial charge in [-0.3, -0.25) is 0 Å². The molecule has 1 aliphatic carbocycles. The summed E-state index contributed by atoms with van der Waals surface area (Å²) < 4.78 is 2.17. The number of fused-ring (bicyclic) bond motifs is 1. The third-order valence-corrected chi connectivity index (χ3v) is 3.93. The zero-order valence-corrected chi connectivity index (χ0v) is 12.1. The number of hydrogen-bond acceptors (Lipinski definition) is 3. The fourth-order valence-electron chi connectivity index (χ4n) is 2.70. The Morgan fingerprint density at radius 3 is 2.84 bits per heavy atom. The van der Waals surface area contributed by atoms with Crippen molar-refractivity contribution >= 4 is 22.6 Å². The number of hydrogen-bond donors (Lipinski definition) is 1. The van der Waals surface area contributed by atoms with Gasteiger partial charge in [0.25, 0.3) is 0 Å². The second kappa shape index (κ2) is 6.35. The molecular formula is C14H20ClN3O. The van der Waals surface area contributed by atoms with Crippen LogP contribution in [0.3, 0.4) is 0 Å². The quantitative estimate of drug-likeness (QED) is 0.858. The normalized spacial score (nSPS) is 22.3. The summed E-state index contributed by atoms with van der Waals surface area (Å²) in [5.74, 6) is 0.426. The topological polar surface area (TPSA) is 50.9 Å². The Morgan fingerprint density at radius 1 is 1.37 bits per heavy atom. The molecule has 2 atom stereocenters. The summed E-state index contributed by atoms with van der Waals surface area (Å²) in [5.41, 5.74) is 0.897. The maximum atomic E-state index is 9.18. The summed E-state index contributed by atoms with van der Waals surface area (Å²) in [7, 11) is 0. The van der Waals surface area contributed by atoms with Crippen molar-refractivity contribution in [3.63, 3.8) is 0 Å². The Balaban J connectivity index is 0.000000637. The highest BCUT2D eigenvalue weighted by molar-refractivity contribution is 6.33. The second-order valence-corrected chi connectivity index (χ2v) is 5.00. The average Bonchev–Trinajstić information content (AvgIpc) is 3.07. The number of aromatic nitrogens is 3. The molecule has 1 aliphatic rings. The molecule has 0 aliphatic heterocycles. The zero-order valence-electron chi connectivity index (χ0n) is 11.4. The lowest BCUT2D eigenvalue weighted by Crippen LogP contribution is -2.06. The molecule has 1 fully saturated rings. The second-order valence-electron chi connectivity index (χ2n) is 4.64. The highest BCUT2D eigenvalue weighted by atomic mass is 35.5. The predicted octanol–water partition coefficient (Wildman–Crippen LogP) is 3.44. The van der Waals surface area contributed by atoms with E-state index in [1.807, 2.05) is 26.1 Å². The lowest BCUT2D eigenvalue weighted by molar-refractivity contribution is 0.226. The van der Waals surface area contributed by atoms with Crippen LogP contribution in [-0.4, -0.2) is 26.2 Å². The van der Waals surface area contributed by atoms with Gasteiger partial charge < -0.3 is 9.67 Å². The van der Waals surface area contributed by atoms with E-state index in [4.69, 9.17) is 11.6 Å². The molecule has 104 valence electrons. The summed E-state index contributed by atoms with van der Waals surface area (Å²) in [6.07, 6.45) is 6.72. The number of aliphatic hydroxyl groups excluding tert-OH is 1. The molecule has 0 spiro atoms. The van der Waals surface area contributed by atoms with Crippen LogP contribution in [-0.2, 0) is 0 Å². The molecule has 0 aromatic carbocycles. The van der Waals surface area contributed by atoms with Crippen LogP contribution in [0.2, 0.25) is 5.15 Å². The molecule has 3 rings (SSSR count). The van der Waals surface area contributed by atoms with E-state index in [2.05, 4.69) is 14.5 Å². The predicted molar refractivity (Wildman–Crippen MR) is 77.3 cm³/mol. The highest BCUT2D eigenvalue weighted by Gasteiger charge is 2.26. The molecule has 1 N–H and O–H groups in total. The van der Waals surface area contributed by atoms with Crippen LogP contribution in [0.15, 0.2) is 18.6 Å². The number of nitrogens with zero attached hydrogens (tertiary/aromatic N) is 3. The lowest BCUT2D eigenvalue weighted by Gasteiger charge is -2.13. The largest absolute Gasteiger partial charge is 0.396 e. The number of rotatable bonds is 2. The van der Waals surface area contributed by atoms with Gasteiger partial charge in [0.15, 0.2) is 0 Å². The first kappa shape index (κ1) is 14.3. The third-order valence-electron chi connectivity index (χ3n) is 3.63. The molecule has 2 unspecified atom stereocenters. The minimum atomic E-state index is 0.283. The molecule has 0 saturated heterocycles.